The Bertz CT molecular complexity index is 885. The van der Waals surface area contributed by atoms with Gasteiger partial charge in [-0.05, 0) is 42.8 Å². The van der Waals surface area contributed by atoms with Crippen molar-refractivity contribution in [2.75, 3.05) is 0 Å². The molecule has 1 amide bonds. The van der Waals surface area contributed by atoms with E-state index in [2.05, 4.69) is 5.32 Å². The van der Waals surface area contributed by atoms with Crippen LogP contribution in [0.25, 0.3) is 6.08 Å². The normalized spacial score (nSPS) is 11.8. The van der Waals surface area contributed by atoms with Crippen LogP contribution in [0.5, 0.6) is 0 Å². The van der Waals surface area contributed by atoms with Crippen molar-refractivity contribution in [3.8, 4) is 0 Å². The molecule has 0 aliphatic heterocycles. The number of nitro benzene ring substituents is 1. The van der Waals surface area contributed by atoms with Gasteiger partial charge >= 0.3 is 0 Å². The molecule has 0 saturated heterocycles. The summed E-state index contributed by atoms with van der Waals surface area (Å²) in [5.74, 6) is 0. The smallest absolute Gasteiger partial charge is 0.269 e. The zero-order valence-corrected chi connectivity index (χ0v) is 13.5. The lowest BCUT2D eigenvalue weighted by Crippen LogP contribution is -2.19. The van der Waals surface area contributed by atoms with Gasteiger partial charge in [-0.25, -0.2) is 8.42 Å². The number of hydrogen-bond acceptors (Lipinski definition) is 5. The number of carbonyl (C=O) groups is 1. The number of nitrogens with one attached hydrogen (secondary N) is 1. The molecule has 0 spiro atoms. The lowest BCUT2D eigenvalue weighted by molar-refractivity contribution is -0.384. The van der Waals surface area contributed by atoms with E-state index in [0.717, 1.165) is 5.56 Å². The van der Waals surface area contributed by atoms with Crippen LogP contribution in [-0.4, -0.2) is 19.8 Å². The monoisotopic (exact) mass is 346 g/mol. The van der Waals surface area contributed by atoms with Gasteiger partial charge in [0.1, 0.15) is 5.03 Å². The quantitative estimate of drug-likeness (QED) is 0.491. The number of amides is 1. The minimum atomic E-state index is -3.92. The fourth-order valence-electron chi connectivity index (χ4n) is 1.94. The van der Waals surface area contributed by atoms with Crippen LogP contribution in [0.2, 0.25) is 0 Å². The van der Waals surface area contributed by atoms with Crippen LogP contribution in [-0.2, 0) is 14.6 Å². The third-order valence-electron chi connectivity index (χ3n) is 3.22. The number of nitrogens with zero attached hydrogens (tertiary/aromatic N) is 1. The molecule has 2 rings (SSSR count). The Hall–Kier alpha value is -3.00. The van der Waals surface area contributed by atoms with Gasteiger partial charge in [0.05, 0.1) is 9.82 Å². The highest BCUT2D eigenvalue weighted by molar-refractivity contribution is 7.95. The Labute approximate surface area is 138 Å². The molecular formula is C16H14N2O5S. The number of non-ortho nitro benzene ring substituents is 1. The van der Waals surface area contributed by atoms with Gasteiger partial charge in [0.2, 0.25) is 16.2 Å². The molecule has 8 heteroatoms. The molecule has 0 aliphatic carbocycles. The second-order valence-electron chi connectivity index (χ2n) is 4.94. The fourth-order valence-corrected chi connectivity index (χ4v) is 3.19. The van der Waals surface area contributed by atoms with Crippen LogP contribution in [0.1, 0.15) is 11.1 Å². The average Bonchev–Trinajstić information content (AvgIpc) is 2.55. The SMILES string of the molecule is Cc1ccc(S(=O)(=O)C(=Cc2ccc([N+](=O)[O-])cc2)NC=O)cc1. The van der Waals surface area contributed by atoms with Crippen LogP contribution >= 0.6 is 0 Å². The van der Waals surface area contributed by atoms with Crippen molar-refractivity contribution in [3.05, 3.63) is 74.8 Å². The van der Waals surface area contributed by atoms with E-state index < -0.39 is 14.8 Å². The largest absolute Gasteiger partial charge is 0.319 e. The molecular weight excluding hydrogens is 332 g/mol. The van der Waals surface area contributed by atoms with Crippen molar-refractivity contribution < 1.29 is 18.1 Å². The van der Waals surface area contributed by atoms with Gasteiger partial charge in [-0.2, -0.15) is 0 Å². The van der Waals surface area contributed by atoms with Crippen molar-refractivity contribution in [1.29, 1.82) is 0 Å². The molecule has 2 aromatic carbocycles. The van der Waals surface area contributed by atoms with E-state index in [4.69, 9.17) is 0 Å². The lowest BCUT2D eigenvalue weighted by Gasteiger charge is -2.08. The molecule has 0 saturated carbocycles. The van der Waals surface area contributed by atoms with E-state index in [1.807, 2.05) is 6.92 Å². The topological polar surface area (TPSA) is 106 Å². The van der Waals surface area contributed by atoms with Crippen molar-refractivity contribution in [1.82, 2.24) is 5.32 Å². The number of carbonyl (C=O) groups excluding carboxylic acids is 1. The zero-order valence-electron chi connectivity index (χ0n) is 12.7. The van der Waals surface area contributed by atoms with E-state index in [-0.39, 0.29) is 22.0 Å². The molecule has 2 aromatic rings. The van der Waals surface area contributed by atoms with E-state index >= 15 is 0 Å². The summed E-state index contributed by atoms with van der Waals surface area (Å²) < 4.78 is 25.2. The van der Waals surface area contributed by atoms with Gasteiger partial charge in [-0.15, -0.1) is 0 Å². The van der Waals surface area contributed by atoms with Crippen molar-refractivity contribution in [2.45, 2.75) is 11.8 Å². The first-order valence-corrected chi connectivity index (χ1v) is 8.31. The second-order valence-corrected chi connectivity index (χ2v) is 6.85. The average molecular weight is 346 g/mol. The summed E-state index contributed by atoms with van der Waals surface area (Å²) >= 11 is 0. The van der Waals surface area contributed by atoms with Crippen molar-refractivity contribution in [2.24, 2.45) is 0 Å². The Balaban J connectivity index is 2.45. The second kappa shape index (κ2) is 7.05. The highest BCUT2D eigenvalue weighted by Crippen LogP contribution is 2.21. The van der Waals surface area contributed by atoms with Crippen molar-refractivity contribution in [3.63, 3.8) is 0 Å². The molecule has 1 N–H and O–H groups in total. The minimum Gasteiger partial charge on any atom is -0.319 e. The summed E-state index contributed by atoms with van der Waals surface area (Å²) in [6.07, 6.45) is 1.51. The number of sulfone groups is 1. The summed E-state index contributed by atoms with van der Waals surface area (Å²) in [4.78, 5) is 20.9. The highest BCUT2D eigenvalue weighted by Gasteiger charge is 2.20. The first kappa shape index (κ1) is 17.4. The molecule has 0 aromatic heterocycles. The Kier molecular flexibility index (Phi) is 5.10. The molecule has 7 nitrogen and oxygen atoms in total. The third-order valence-corrected chi connectivity index (χ3v) is 4.93. The number of hydrogen-bond donors (Lipinski definition) is 1. The van der Waals surface area contributed by atoms with E-state index in [1.165, 1.54) is 42.5 Å². The predicted molar refractivity (Wildman–Crippen MR) is 88.6 cm³/mol. The molecule has 0 fully saturated rings. The van der Waals surface area contributed by atoms with Gasteiger partial charge < -0.3 is 5.32 Å². The van der Waals surface area contributed by atoms with Gasteiger partial charge in [0.15, 0.2) is 0 Å². The summed E-state index contributed by atoms with van der Waals surface area (Å²) in [5.41, 5.74) is 1.19. The van der Waals surface area contributed by atoms with Crippen LogP contribution < -0.4 is 5.32 Å². The summed E-state index contributed by atoms with van der Waals surface area (Å²) in [7, 11) is -3.92. The van der Waals surface area contributed by atoms with E-state index in [0.29, 0.717) is 5.56 Å². The molecule has 0 unspecified atom stereocenters. The molecule has 0 atom stereocenters. The summed E-state index contributed by atoms with van der Waals surface area (Å²) in [6, 6.07) is 11.5. The Morgan fingerprint density at radius 3 is 2.17 bits per heavy atom. The van der Waals surface area contributed by atoms with Gasteiger partial charge in [-0.1, -0.05) is 17.7 Å². The fraction of sp³-hybridized carbons (Fsp3) is 0.0625. The van der Waals surface area contributed by atoms with E-state index in [1.54, 1.807) is 12.1 Å². The maximum atomic E-state index is 12.6. The first-order chi connectivity index (χ1) is 11.3. The highest BCUT2D eigenvalue weighted by atomic mass is 32.2. The first-order valence-electron chi connectivity index (χ1n) is 6.82. The van der Waals surface area contributed by atoms with Gasteiger partial charge in [0, 0.05) is 12.1 Å². The molecule has 24 heavy (non-hydrogen) atoms. The van der Waals surface area contributed by atoms with Crippen LogP contribution in [0.4, 0.5) is 5.69 Å². The number of rotatable bonds is 6. The van der Waals surface area contributed by atoms with Gasteiger partial charge in [0.25, 0.3) is 5.69 Å². The van der Waals surface area contributed by atoms with E-state index in [9.17, 15) is 23.3 Å². The molecule has 0 heterocycles. The number of benzene rings is 2. The zero-order chi connectivity index (χ0) is 17.7. The maximum Gasteiger partial charge on any atom is 0.269 e. The predicted octanol–water partition coefficient (Wildman–Crippen LogP) is 2.42. The summed E-state index contributed by atoms with van der Waals surface area (Å²) in [5, 5.41) is 12.5. The lowest BCUT2D eigenvalue weighted by atomic mass is 10.2. The van der Waals surface area contributed by atoms with Crippen LogP contribution in [0, 0.1) is 17.0 Å². The molecule has 0 bridgehead atoms. The van der Waals surface area contributed by atoms with Crippen molar-refractivity contribution >= 4 is 28.0 Å². The molecule has 0 aliphatic rings. The summed E-state index contributed by atoms with van der Waals surface area (Å²) in [6.45, 7) is 1.83. The van der Waals surface area contributed by atoms with Crippen LogP contribution in [0.3, 0.4) is 0 Å². The Morgan fingerprint density at radius 2 is 1.67 bits per heavy atom. The number of nitro groups is 1. The molecule has 124 valence electrons. The third kappa shape index (κ3) is 3.85. The van der Waals surface area contributed by atoms with Crippen LogP contribution in [0.15, 0.2) is 58.5 Å². The standard InChI is InChI=1S/C16H14N2O5S/c1-12-2-8-15(9-3-12)24(22,23)16(17-11-19)10-13-4-6-14(7-5-13)18(20)21/h2-11H,1H3,(H,17,19). The minimum absolute atomic E-state index is 0.0376. The van der Waals surface area contributed by atoms with Gasteiger partial charge in [-0.3, -0.25) is 14.9 Å². The Morgan fingerprint density at radius 1 is 1.08 bits per heavy atom. The number of aryl methyl sites for hydroxylation is 1. The maximum absolute atomic E-state index is 12.6. The molecule has 0 radical (unpaired) electrons.